The van der Waals surface area contributed by atoms with Crippen molar-refractivity contribution in [3.8, 4) is 0 Å². The largest absolute Gasteiger partial charge is 0.468 e. The summed E-state index contributed by atoms with van der Waals surface area (Å²) in [6, 6.07) is 0.0140. The highest BCUT2D eigenvalue weighted by molar-refractivity contribution is 5.80. The van der Waals surface area contributed by atoms with Crippen molar-refractivity contribution in [2.24, 2.45) is 0 Å². The lowest BCUT2D eigenvalue weighted by atomic mass is 10.0. The molecule has 0 aliphatic heterocycles. The van der Waals surface area contributed by atoms with Crippen LogP contribution in [0.2, 0.25) is 0 Å². The highest BCUT2D eigenvalue weighted by Gasteiger charge is 2.36. The Balaban J connectivity index is 4.60. The first kappa shape index (κ1) is 18.2. The molecule has 0 saturated carbocycles. The molecule has 0 saturated heterocycles. The van der Waals surface area contributed by atoms with Crippen LogP contribution in [0.1, 0.15) is 27.2 Å². The van der Waals surface area contributed by atoms with Gasteiger partial charge in [-0.25, -0.2) is 0 Å². The van der Waals surface area contributed by atoms with E-state index >= 15 is 0 Å². The van der Waals surface area contributed by atoms with Crippen LogP contribution in [-0.4, -0.2) is 55.9 Å². The van der Waals surface area contributed by atoms with Gasteiger partial charge in [0.2, 0.25) is 0 Å². The van der Waals surface area contributed by atoms with Crippen LogP contribution in [0.4, 0.5) is 13.2 Å². The minimum absolute atomic E-state index is 0.0140. The molecule has 0 aromatic rings. The average molecular weight is 284 g/mol. The van der Waals surface area contributed by atoms with E-state index in [1.807, 2.05) is 13.8 Å². The fourth-order valence-corrected chi connectivity index (χ4v) is 1.97. The summed E-state index contributed by atoms with van der Waals surface area (Å²) in [7, 11) is 2.81. The zero-order chi connectivity index (χ0) is 15.3. The Morgan fingerprint density at radius 2 is 1.89 bits per heavy atom. The van der Waals surface area contributed by atoms with Crippen LogP contribution in [0.15, 0.2) is 0 Å². The van der Waals surface area contributed by atoms with Crippen molar-refractivity contribution in [1.29, 1.82) is 0 Å². The van der Waals surface area contributed by atoms with Gasteiger partial charge in [0.15, 0.2) is 0 Å². The van der Waals surface area contributed by atoms with Crippen LogP contribution in [0.3, 0.4) is 0 Å². The predicted molar refractivity (Wildman–Crippen MR) is 66.9 cm³/mol. The van der Waals surface area contributed by atoms with Crippen molar-refractivity contribution in [3.05, 3.63) is 0 Å². The summed E-state index contributed by atoms with van der Waals surface area (Å²) in [6.45, 7) is 5.33. The van der Waals surface area contributed by atoms with Crippen LogP contribution < -0.4 is 5.32 Å². The van der Waals surface area contributed by atoms with Gasteiger partial charge in [-0.1, -0.05) is 0 Å². The van der Waals surface area contributed by atoms with Crippen molar-refractivity contribution in [2.75, 3.05) is 27.2 Å². The monoisotopic (exact) mass is 284 g/mol. The summed E-state index contributed by atoms with van der Waals surface area (Å²) in [5, 5.41) is 3.04. The number of carbonyl (C=O) groups is 1. The number of hydrogen-bond acceptors (Lipinski definition) is 4. The molecule has 0 radical (unpaired) electrons. The van der Waals surface area contributed by atoms with E-state index in [1.54, 1.807) is 14.0 Å². The Morgan fingerprint density at radius 3 is 2.26 bits per heavy atom. The first-order valence-electron chi connectivity index (χ1n) is 6.11. The molecule has 0 rings (SSSR count). The number of nitrogens with zero attached hydrogens (tertiary/aromatic N) is 1. The lowest BCUT2D eigenvalue weighted by Gasteiger charge is -2.34. The molecule has 114 valence electrons. The Bertz CT molecular complexity index is 295. The Hall–Kier alpha value is -0.820. The molecule has 0 fully saturated rings. The zero-order valence-corrected chi connectivity index (χ0v) is 12.1. The normalized spacial score (nSPS) is 15.7. The maximum atomic E-state index is 12.1. The Labute approximate surface area is 112 Å². The van der Waals surface area contributed by atoms with Crippen molar-refractivity contribution in [3.63, 3.8) is 0 Å². The molecule has 0 heterocycles. The molecule has 1 unspecified atom stereocenters. The van der Waals surface area contributed by atoms with E-state index in [2.05, 4.69) is 5.32 Å². The summed E-state index contributed by atoms with van der Waals surface area (Å²) >= 11 is 0. The van der Waals surface area contributed by atoms with E-state index in [1.165, 1.54) is 12.0 Å². The number of alkyl halides is 3. The van der Waals surface area contributed by atoms with Gasteiger partial charge in [-0.05, 0) is 27.8 Å². The maximum Gasteiger partial charge on any atom is 0.390 e. The number of likely N-dealkylation sites (N-methyl/N-ethyl adjacent to an activating group) is 1. The number of carbonyl (C=O) groups excluding carboxylic acids is 1. The number of methoxy groups -OCH3 is 1. The van der Waals surface area contributed by atoms with E-state index in [9.17, 15) is 18.0 Å². The van der Waals surface area contributed by atoms with Gasteiger partial charge in [-0.15, -0.1) is 0 Å². The highest BCUT2D eigenvalue weighted by atomic mass is 19.4. The molecule has 0 bridgehead atoms. The third kappa shape index (κ3) is 7.37. The van der Waals surface area contributed by atoms with E-state index < -0.39 is 24.1 Å². The molecular formula is C12H23F3N2O2. The molecule has 0 aromatic carbocycles. The molecule has 19 heavy (non-hydrogen) atoms. The van der Waals surface area contributed by atoms with Crippen molar-refractivity contribution < 1.29 is 22.7 Å². The predicted octanol–water partition coefficient (Wildman–Crippen LogP) is 1.80. The van der Waals surface area contributed by atoms with E-state index in [-0.39, 0.29) is 19.1 Å². The van der Waals surface area contributed by atoms with Crippen molar-refractivity contribution in [2.45, 2.75) is 44.9 Å². The van der Waals surface area contributed by atoms with Crippen LogP contribution in [0.25, 0.3) is 0 Å². The maximum absolute atomic E-state index is 12.1. The molecule has 1 atom stereocenters. The molecule has 4 nitrogen and oxygen atoms in total. The smallest absolute Gasteiger partial charge is 0.390 e. The summed E-state index contributed by atoms with van der Waals surface area (Å²) in [5.41, 5.74) is -1.02. The second kappa shape index (κ2) is 7.09. The van der Waals surface area contributed by atoms with Crippen LogP contribution >= 0.6 is 0 Å². The molecule has 0 aliphatic rings. The van der Waals surface area contributed by atoms with Gasteiger partial charge < -0.3 is 9.64 Å². The van der Waals surface area contributed by atoms with Crippen molar-refractivity contribution >= 4 is 5.97 Å². The van der Waals surface area contributed by atoms with Crippen molar-refractivity contribution in [1.82, 2.24) is 10.2 Å². The number of halogens is 3. The van der Waals surface area contributed by atoms with Crippen LogP contribution in [0, 0.1) is 0 Å². The molecule has 0 spiro atoms. The Kier molecular flexibility index (Phi) is 6.79. The highest BCUT2D eigenvalue weighted by Crippen LogP contribution is 2.20. The number of rotatable bonds is 7. The van der Waals surface area contributed by atoms with Crippen LogP contribution in [-0.2, 0) is 9.53 Å². The summed E-state index contributed by atoms with van der Waals surface area (Å²) < 4.78 is 41.2. The SMILES string of the molecule is COC(=O)C(C)(CN(C)CCC(F)(F)F)NC(C)C. The summed E-state index contributed by atoms with van der Waals surface area (Å²) in [6.07, 6.45) is -5.09. The van der Waals surface area contributed by atoms with Gasteiger partial charge in [-0.3, -0.25) is 10.1 Å². The Morgan fingerprint density at radius 1 is 1.37 bits per heavy atom. The number of hydrogen-bond donors (Lipinski definition) is 1. The first-order chi connectivity index (χ1) is 8.50. The zero-order valence-electron chi connectivity index (χ0n) is 12.1. The molecule has 0 aliphatic carbocycles. The standard InChI is InChI=1S/C12H23F3N2O2/c1-9(2)16-11(3,10(18)19-5)8-17(4)7-6-12(13,14)15/h9,16H,6-8H2,1-5H3. The third-order valence-corrected chi connectivity index (χ3v) is 2.61. The number of nitrogens with one attached hydrogen (secondary N) is 1. The second-order valence-corrected chi connectivity index (χ2v) is 5.23. The van der Waals surface area contributed by atoms with Gasteiger partial charge in [0.1, 0.15) is 5.54 Å². The number of esters is 1. The van der Waals surface area contributed by atoms with Gasteiger partial charge in [0, 0.05) is 19.1 Å². The lowest BCUT2D eigenvalue weighted by Crippen LogP contribution is -2.59. The van der Waals surface area contributed by atoms with Gasteiger partial charge >= 0.3 is 12.1 Å². The van der Waals surface area contributed by atoms with E-state index in [0.29, 0.717) is 0 Å². The van der Waals surface area contributed by atoms with Gasteiger partial charge in [-0.2, -0.15) is 13.2 Å². The van der Waals surface area contributed by atoms with Gasteiger partial charge in [0.05, 0.1) is 13.5 Å². The fraction of sp³-hybridized carbons (Fsp3) is 0.917. The molecule has 1 N–H and O–H groups in total. The van der Waals surface area contributed by atoms with E-state index in [0.717, 1.165) is 0 Å². The summed E-state index contributed by atoms with van der Waals surface area (Å²) in [4.78, 5) is 13.2. The molecular weight excluding hydrogens is 261 g/mol. The quantitative estimate of drug-likeness (QED) is 0.724. The van der Waals surface area contributed by atoms with E-state index in [4.69, 9.17) is 4.74 Å². The fourth-order valence-electron chi connectivity index (χ4n) is 1.97. The van der Waals surface area contributed by atoms with Crippen LogP contribution in [0.5, 0.6) is 0 Å². The topological polar surface area (TPSA) is 41.6 Å². The van der Waals surface area contributed by atoms with Gasteiger partial charge in [0.25, 0.3) is 0 Å². The molecule has 0 amide bonds. The third-order valence-electron chi connectivity index (χ3n) is 2.61. The minimum atomic E-state index is -4.19. The summed E-state index contributed by atoms with van der Waals surface area (Å²) in [5.74, 6) is -0.486. The minimum Gasteiger partial charge on any atom is -0.468 e. The molecule has 7 heteroatoms. The second-order valence-electron chi connectivity index (χ2n) is 5.23. The number of ether oxygens (including phenoxy) is 1. The average Bonchev–Trinajstić information content (AvgIpc) is 2.23. The lowest BCUT2D eigenvalue weighted by molar-refractivity contribution is -0.149. The first-order valence-corrected chi connectivity index (χ1v) is 6.11. The molecule has 0 aromatic heterocycles.